The molecule has 1 heterocycles. The highest BCUT2D eigenvalue weighted by Gasteiger charge is 2.43. The van der Waals surface area contributed by atoms with Crippen LogP contribution in [0.4, 0.5) is 5.82 Å². The molecule has 0 saturated heterocycles. The van der Waals surface area contributed by atoms with Gasteiger partial charge in [-0.2, -0.15) is 5.10 Å². The Labute approximate surface area is 119 Å². The van der Waals surface area contributed by atoms with Gasteiger partial charge in [-0.1, -0.05) is 19.3 Å². The second kappa shape index (κ2) is 4.90. The Bertz CT molecular complexity index is 504. The van der Waals surface area contributed by atoms with E-state index in [9.17, 15) is 4.79 Å². The maximum atomic E-state index is 12.5. The van der Waals surface area contributed by atoms with E-state index < -0.39 is 0 Å². The first kappa shape index (κ1) is 12.4. The first-order chi connectivity index (χ1) is 9.81. The summed E-state index contributed by atoms with van der Waals surface area (Å²) in [5, 5.41) is 7.58. The number of nitrogens with one attached hydrogen (secondary N) is 1. The number of rotatable bonds is 3. The van der Waals surface area contributed by atoms with E-state index in [0.717, 1.165) is 18.2 Å². The van der Waals surface area contributed by atoms with Crippen molar-refractivity contribution in [2.75, 3.05) is 5.32 Å². The summed E-state index contributed by atoms with van der Waals surface area (Å²) in [4.78, 5) is 12.5. The fourth-order valence-electron chi connectivity index (χ4n) is 4.64. The van der Waals surface area contributed by atoms with Crippen molar-refractivity contribution < 1.29 is 4.79 Å². The molecular formula is C16H23N3O. The molecule has 3 aliphatic carbocycles. The summed E-state index contributed by atoms with van der Waals surface area (Å²) in [6.45, 7) is 0. The largest absolute Gasteiger partial charge is 0.311 e. The maximum Gasteiger partial charge on any atom is 0.228 e. The third-order valence-electron chi connectivity index (χ3n) is 5.67. The molecule has 4 nitrogen and oxygen atoms in total. The lowest BCUT2D eigenvalue weighted by Crippen LogP contribution is -2.28. The molecule has 3 aliphatic rings. The van der Waals surface area contributed by atoms with Crippen LogP contribution < -0.4 is 5.32 Å². The van der Waals surface area contributed by atoms with Crippen LogP contribution in [0.15, 0.2) is 12.3 Å². The van der Waals surface area contributed by atoms with E-state index in [1.807, 2.05) is 16.9 Å². The van der Waals surface area contributed by atoms with Crippen molar-refractivity contribution >= 4 is 11.7 Å². The van der Waals surface area contributed by atoms with Gasteiger partial charge in [-0.05, 0) is 43.9 Å². The average Bonchev–Trinajstić information content (AvgIpc) is 3.22. The van der Waals surface area contributed by atoms with Gasteiger partial charge in [0.1, 0.15) is 5.82 Å². The summed E-state index contributed by atoms with van der Waals surface area (Å²) in [6, 6.07) is 2.43. The van der Waals surface area contributed by atoms with Crippen LogP contribution in [-0.2, 0) is 4.79 Å². The smallest absolute Gasteiger partial charge is 0.228 e. The van der Waals surface area contributed by atoms with Crippen molar-refractivity contribution in [3.8, 4) is 0 Å². The van der Waals surface area contributed by atoms with Crippen molar-refractivity contribution in [3.63, 3.8) is 0 Å². The van der Waals surface area contributed by atoms with E-state index in [1.165, 1.54) is 44.9 Å². The Morgan fingerprint density at radius 2 is 2.05 bits per heavy atom. The van der Waals surface area contributed by atoms with Gasteiger partial charge in [0.15, 0.2) is 0 Å². The summed E-state index contributed by atoms with van der Waals surface area (Å²) in [6.07, 6.45) is 11.7. The predicted molar refractivity (Wildman–Crippen MR) is 77.3 cm³/mol. The molecule has 0 spiro atoms. The monoisotopic (exact) mass is 273 g/mol. The Kier molecular flexibility index (Phi) is 3.04. The van der Waals surface area contributed by atoms with Crippen molar-refractivity contribution in [2.24, 2.45) is 17.8 Å². The first-order valence-corrected chi connectivity index (χ1v) is 8.15. The quantitative estimate of drug-likeness (QED) is 0.917. The van der Waals surface area contributed by atoms with Gasteiger partial charge in [0.05, 0.1) is 12.2 Å². The summed E-state index contributed by atoms with van der Waals surface area (Å²) < 4.78 is 2.04. The standard InChI is InChI=1S/C16H23N3O/c20-16(14-10-11-5-6-12(14)9-11)18-15-7-8-17-19(15)13-3-1-2-4-13/h7-8,11-14H,1-6,9-10H2,(H,18,20)/t11-,12-,14-/m1/s1. The second-order valence-electron chi connectivity index (χ2n) is 6.87. The second-order valence-corrected chi connectivity index (χ2v) is 6.87. The van der Waals surface area contributed by atoms with Crippen LogP contribution in [0.1, 0.15) is 57.4 Å². The minimum atomic E-state index is 0.233. The van der Waals surface area contributed by atoms with Crippen LogP contribution in [0.25, 0.3) is 0 Å². The Balaban J connectivity index is 1.46. The minimum Gasteiger partial charge on any atom is -0.311 e. The molecular weight excluding hydrogens is 250 g/mol. The highest BCUT2D eigenvalue weighted by atomic mass is 16.2. The molecule has 3 fully saturated rings. The lowest BCUT2D eigenvalue weighted by atomic mass is 9.88. The van der Waals surface area contributed by atoms with Crippen molar-refractivity contribution in [1.82, 2.24) is 9.78 Å². The van der Waals surface area contributed by atoms with Gasteiger partial charge in [-0.25, -0.2) is 4.68 Å². The summed E-state index contributed by atoms with van der Waals surface area (Å²) in [5.41, 5.74) is 0. The number of anilines is 1. The summed E-state index contributed by atoms with van der Waals surface area (Å²) in [7, 11) is 0. The normalized spacial score (nSPS) is 32.9. The number of hydrogen-bond donors (Lipinski definition) is 1. The summed E-state index contributed by atoms with van der Waals surface area (Å²) >= 11 is 0. The van der Waals surface area contributed by atoms with E-state index in [4.69, 9.17) is 0 Å². The Morgan fingerprint density at radius 1 is 1.20 bits per heavy atom. The molecule has 1 N–H and O–H groups in total. The molecule has 0 unspecified atom stereocenters. The fourth-order valence-corrected chi connectivity index (χ4v) is 4.64. The van der Waals surface area contributed by atoms with E-state index in [1.54, 1.807) is 0 Å². The number of amides is 1. The molecule has 4 rings (SSSR count). The van der Waals surface area contributed by atoms with E-state index in [-0.39, 0.29) is 11.8 Å². The van der Waals surface area contributed by atoms with Crippen molar-refractivity contribution in [1.29, 1.82) is 0 Å². The molecule has 3 atom stereocenters. The third kappa shape index (κ3) is 2.05. The molecule has 1 aromatic rings. The zero-order valence-corrected chi connectivity index (χ0v) is 11.9. The van der Waals surface area contributed by atoms with Gasteiger partial charge in [-0.15, -0.1) is 0 Å². The lowest BCUT2D eigenvalue weighted by molar-refractivity contribution is -0.121. The molecule has 0 aromatic carbocycles. The third-order valence-corrected chi connectivity index (χ3v) is 5.67. The SMILES string of the molecule is O=C(Nc1ccnn1C1CCCC1)[C@@H]1C[C@@H]2CC[C@@H]1C2. The highest BCUT2D eigenvalue weighted by Crippen LogP contribution is 2.48. The number of aromatic nitrogens is 2. The molecule has 0 aliphatic heterocycles. The van der Waals surface area contributed by atoms with Crippen molar-refractivity contribution in [2.45, 2.75) is 57.4 Å². The number of hydrogen-bond acceptors (Lipinski definition) is 2. The topological polar surface area (TPSA) is 46.9 Å². The molecule has 2 bridgehead atoms. The van der Waals surface area contributed by atoms with Gasteiger partial charge in [0, 0.05) is 12.0 Å². The molecule has 3 saturated carbocycles. The van der Waals surface area contributed by atoms with E-state index in [0.29, 0.717) is 12.0 Å². The van der Waals surface area contributed by atoms with Gasteiger partial charge >= 0.3 is 0 Å². The predicted octanol–water partition coefficient (Wildman–Crippen LogP) is 3.37. The molecule has 4 heteroatoms. The van der Waals surface area contributed by atoms with Gasteiger partial charge < -0.3 is 5.32 Å². The first-order valence-electron chi connectivity index (χ1n) is 8.15. The fraction of sp³-hybridized carbons (Fsp3) is 0.750. The van der Waals surface area contributed by atoms with E-state index in [2.05, 4.69) is 10.4 Å². The summed E-state index contributed by atoms with van der Waals surface area (Å²) in [5.74, 6) is 2.85. The number of fused-ring (bicyclic) bond motifs is 2. The number of nitrogens with zero attached hydrogens (tertiary/aromatic N) is 2. The zero-order valence-electron chi connectivity index (χ0n) is 11.9. The van der Waals surface area contributed by atoms with Crippen LogP contribution in [0.5, 0.6) is 0 Å². The molecule has 108 valence electrons. The Morgan fingerprint density at radius 3 is 2.75 bits per heavy atom. The van der Waals surface area contributed by atoms with Crippen LogP contribution in [0.3, 0.4) is 0 Å². The minimum absolute atomic E-state index is 0.233. The van der Waals surface area contributed by atoms with Crippen LogP contribution in [-0.4, -0.2) is 15.7 Å². The Hall–Kier alpha value is -1.32. The molecule has 20 heavy (non-hydrogen) atoms. The van der Waals surface area contributed by atoms with Gasteiger partial charge in [0.2, 0.25) is 5.91 Å². The van der Waals surface area contributed by atoms with Crippen LogP contribution in [0, 0.1) is 17.8 Å². The number of carbonyl (C=O) groups excluding carboxylic acids is 1. The zero-order chi connectivity index (χ0) is 13.5. The number of carbonyl (C=O) groups is 1. The lowest BCUT2D eigenvalue weighted by Gasteiger charge is -2.22. The van der Waals surface area contributed by atoms with Crippen LogP contribution in [0.2, 0.25) is 0 Å². The molecule has 1 amide bonds. The average molecular weight is 273 g/mol. The van der Waals surface area contributed by atoms with E-state index >= 15 is 0 Å². The van der Waals surface area contributed by atoms with Gasteiger partial charge in [-0.3, -0.25) is 4.79 Å². The van der Waals surface area contributed by atoms with Gasteiger partial charge in [0.25, 0.3) is 0 Å². The maximum absolute atomic E-state index is 12.5. The molecule has 1 aromatic heterocycles. The van der Waals surface area contributed by atoms with Crippen LogP contribution >= 0.6 is 0 Å². The molecule has 0 radical (unpaired) electrons. The van der Waals surface area contributed by atoms with Crippen molar-refractivity contribution in [3.05, 3.63) is 12.3 Å². The highest BCUT2D eigenvalue weighted by molar-refractivity contribution is 5.92.